The standard InChI is InChI=1S/C16H14O2S/c1-19-12-6-7-16-14(8-12)15(9-17)13-5-3-2-4-11(13)10-18-16/h2-9,15H,10H2,1H3/t15-/m0/s1. The van der Waals surface area contributed by atoms with Crippen molar-refractivity contribution in [1.82, 2.24) is 0 Å². The normalized spacial score (nSPS) is 16.8. The lowest BCUT2D eigenvalue weighted by atomic mass is 9.90. The van der Waals surface area contributed by atoms with E-state index in [9.17, 15) is 4.79 Å². The number of hydrogen-bond acceptors (Lipinski definition) is 3. The molecule has 0 bridgehead atoms. The van der Waals surface area contributed by atoms with E-state index in [2.05, 4.69) is 6.07 Å². The van der Waals surface area contributed by atoms with E-state index in [4.69, 9.17) is 4.74 Å². The molecule has 0 radical (unpaired) electrons. The van der Waals surface area contributed by atoms with Crippen LogP contribution < -0.4 is 4.74 Å². The summed E-state index contributed by atoms with van der Waals surface area (Å²) < 4.78 is 5.84. The average Bonchev–Trinajstić information content (AvgIpc) is 2.62. The molecular formula is C16H14O2S. The fraction of sp³-hybridized carbons (Fsp3) is 0.188. The number of aldehydes is 1. The molecule has 0 aromatic heterocycles. The Morgan fingerprint density at radius 1 is 1.21 bits per heavy atom. The summed E-state index contributed by atoms with van der Waals surface area (Å²) in [7, 11) is 0. The molecule has 0 saturated heterocycles. The van der Waals surface area contributed by atoms with Crippen LogP contribution in [0.15, 0.2) is 47.4 Å². The van der Waals surface area contributed by atoms with Gasteiger partial charge in [0.05, 0.1) is 5.92 Å². The predicted molar refractivity (Wildman–Crippen MR) is 76.9 cm³/mol. The Balaban J connectivity index is 2.19. The quantitative estimate of drug-likeness (QED) is 0.615. The molecule has 0 aliphatic carbocycles. The summed E-state index contributed by atoms with van der Waals surface area (Å²) in [5, 5.41) is 0. The first-order valence-electron chi connectivity index (χ1n) is 6.17. The van der Waals surface area contributed by atoms with E-state index in [-0.39, 0.29) is 5.92 Å². The maximum Gasteiger partial charge on any atom is 0.132 e. The maximum atomic E-state index is 11.6. The molecule has 1 aliphatic heterocycles. The van der Waals surface area contributed by atoms with Gasteiger partial charge in [-0.1, -0.05) is 24.3 Å². The minimum atomic E-state index is -0.235. The van der Waals surface area contributed by atoms with Gasteiger partial charge in [0.15, 0.2) is 0 Å². The molecule has 3 heteroatoms. The van der Waals surface area contributed by atoms with Crippen molar-refractivity contribution in [3.63, 3.8) is 0 Å². The number of ether oxygens (including phenoxy) is 1. The number of benzene rings is 2. The second-order valence-corrected chi connectivity index (χ2v) is 5.38. The van der Waals surface area contributed by atoms with Crippen LogP contribution in [0.5, 0.6) is 5.75 Å². The van der Waals surface area contributed by atoms with Crippen LogP contribution in [0.2, 0.25) is 0 Å². The lowest BCUT2D eigenvalue weighted by Gasteiger charge is -2.13. The van der Waals surface area contributed by atoms with Crippen molar-refractivity contribution in [2.75, 3.05) is 6.26 Å². The highest BCUT2D eigenvalue weighted by molar-refractivity contribution is 7.98. The zero-order valence-electron chi connectivity index (χ0n) is 10.6. The molecule has 0 fully saturated rings. The molecule has 0 saturated carbocycles. The van der Waals surface area contributed by atoms with Crippen LogP contribution in [0.25, 0.3) is 0 Å². The van der Waals surface area contributed by atoms with E-state index in [0.29, 0.717) is 6.61 Å². The van der Waals surface area contributed by atoms with Crippen molar-refractivity contribution in [3.8, 4) is 5.75 Å². The van der Waals surface area contributed by atoms with E-state index in [0.717, 1.165) is 33.6 Å². The average molecular weight is 270 g/mol. The fourth-order valence-electron chi connectivity index (χ4n) is 2.47. The largest absolute Gasteiger partial charge is 0.489 e. The van der Waals surface area contributed by atoms with E-state index in [1.54, 1.807) is 11.8 Å². The van der Waals surface area contributed by atoms with E-state index >= 15 is 0 Å². The second kappa shape index (κ2) is 5.10. The molecule has 2 nitrogen and oxygen atoms in total. The van der Waals surface area contributed by atoms with Gasteiger partial charge in [0.25, 0.3) is 0 Å². The van der Waals surface area contributed by atoms with Crippen molar-refractivity contribution in [2.45, 2.75) is 17.4 Å². The van der Waals surface area contributed by atoms with Crippen molar-refractivity contribution < 1.29 is 9.53 Å². The van der Waals surface area contributed by atoms with Crippen molar-refractivity contribution >= 4 is 18.0 Å². The van der Waals surface area contributed by atoms with E-state index in [1.165, 1.54) is 0 Å². The lowest BCUT2D eigenvalue weighted by Crippen LogP contribution is -2.03. The molecule has 1 atom stereocenters. The number of thioether (sulfide) groups is 1. The van der Waals surface area contributed by atoms with Gasteiger partial charge in [0.1, 0.15) is 18.6 Å². The Labute approximate surface area is 116 Å². The lowest BCUT2D eigenvalue weighted by molar-refractivity contribution is -0.108. The molecule has 0 unspecified atom stereocenters. The molecule has 1 aliphatic rings. The summed E-state index contributed by atoms with van der Waals surface area (Å²) in [6.45, 7) is 0.520. The Kier molecular flexibility index (Phi) is 3.30. The number of carbonyl (C=O) groups is 1. The first kappa shape index (κ1) is 12.3. The van der Waals surface area contributed by atoms with Gasteiger partial charge < -0.3 is 9.53 Å². The molecule has 96 valence electrons. The predicted octanol–water partition coefficient (Wildman–Crippen LogP) is 3.63. The minimum Gasteiger partial charge on any atom is -0.489 e. The van der Waals surface area contributed by atoms with Crippen LogP contribution in [0.3, 0.4) is 0 Å². The van der Waals surface area contributed by atoms with Crippen molar-refractivity contribution in [2.24, 2.45) is 0 Å². The summed E-state index contributed by atoms with van der Waals surface area (Å²) in [4.78, 5) is 12.7. The molecule has 0 N–H and O–H groups in total. The topological polar surface area (TPSA) is 26.3 Å². The molecule has 0 spiro atoms. The SMILES string of the molecule is CSc1ccc2c(c1)[C@@H](C=O)c1ccccc1CO2. The Bertz CT molecular complexity index is 622. The fourth-order valence-corrected chi connectivity index (χ4v) is 2.92. The van der Waals surface area contributed by atoms with Gasteiger partial charge in [0.2, 0.25) is 0 Å². The number of fused-ring (bicyclic) bond motifs is 2. The zero-order chi connectivity index (χ0) is 13.2. The van der Waals surface area contributed by atoms with Crippen molar-refractivity contribution in [3.05, 3.63) is 59.2 Å². The third kappa shape index (κ3) is 2.15. The molecule has 0 amide bonds. The molecular weight excluding hydrogens is 256 g/mol. The smallest absolute Gasteiger partial charge is 0.132 e. The molecule has 2 aromatic rings. The highest BCUT2D eigenvalue weighted by Crippen LogP contribution is 2.37. The van der Waals surface area contributed by atoms with Crippen LogP contribution in [0, 0.1) is 0 Å². The second-order valence-electron chi connectivity index (χ2n) is 4.50. The highest BCUT2D eigenvalue weighted by atomic mass is 32.2. The first-order chi connectivity index (χ1) is 9.33. The Morgan fingerprint density at radius 2 is 2.05 bits per heavy atom. The summed E-state index contributed by atoms with van der Waals surface area (Å²) in [5.74, 6) is 0.576. The van der Waals surface area contributed by atoms with Gasteiger partial charge >= 0.3 is 0 Å². The Morgan fingerprint density at radius 3 is 2.84 bits per heavy atom. The molecule has 3 rings (SSSR count). The monoisotopic (exact) mass is 270 g/mol. The van der Waals surface area contributed by atoms with Gasteiger partial charge in [-0.15, -0.1) is 11.8 Å². The van der Waals surface area contributed by atoms with Crippen LogP contribution in [0.4, 0.5) is 0 Å². The van der Waals surface area contributed by atoms with Gasteiger partial charge in [-0.25, -0.2) is 0 Å². The maximum absolute atomic E-state index is 11.6. The zero-order valence-corrected chi connectivity index (χ0v) is 11.4. The number of rotatable bonds is 2. The number of carbonyl (C=O) groups excluding carboxylic acids is 1. The third-order valence-electron chi connectivity index (χ3n) is 3.46. The summed E-state index contributed by atoms with van der Waals surface area (Å²) >= 11 is 1.67. The Hall–Kier alpha value is -1.74. The number of hydrogen-bond donors (Lipinski definition) is 0. The summed E-state index contributed by atoms with van der Waals surface area (Å²) in [5.41, 5.74) is 3.10. The van der Waals surface area contributed by atoms with E-state index in [1.807, 2.05) is 42.7 Å². The summed E-state index contributed by atoms with van der Waals surface area (Å²) in [6.07, 6.45) is 3.04. The minimum absolute atomic E-state index is 0.235. The highest BCUT2D eigenvalue weighted by Gasteiger charge is 2.24. The van der Waals surface area contributed by atoms with Crippen LogP contribution in [-0.4, -0.2) is 12.5 Å². The third-order valence-corrected chi connectivity index (χ3v) is 4.19. The van der Waals surface area contributed by atoms with Gasteiger partial charge in [-0.3, -0.25) is 0 Å². The molecule has 19 heavy (non-hydrogen) atoms. The van der Waals surface area contributed by atoms with Gasteiger partial charge in [0, 0.05) is 10.5 Å². The van der Waals surface area contributed by atoms with Crippen LogP contribution in [0.1, 0.15) is 22.6 Å². The van der Waals surface area contributed by atoms with Crippen LogP contribution in [-0.2, 0) is 11.4 Å². The molecule has 2 aromatic carbocycles. The summed E-state index contributed by atoms with van der Waals surface area (Å²) in [6, 6.07) is 14.0. The van der Waals surface area contributed by atoms with E-state index < -0.39 is 0 Å². The van der Waals surface area contributed by atoms with Crippen molar-refractivity contribution in [1.29, 1.82) is 0 Å². The van der Waals surface area contributed by atoms with Crippen LogP contribution >= 0.6 is 11.8 Å². The molecule has 1 heterocycles. The van der Waals surface area contributed by atoms with Gasteiger partial charge in [-0.05, 0) is 35.6 Å². The first-order valence-corrected chi connectivity index (χ1v) is 7.40. The van der Waals surface area contributed by atoms with Gasteiger partial charge in [-0.2, -0.15) is 0 Å².